The van der Waals surface area contributed by atoms with Gasteiger partial charge in [0.05, 0.1) is 5.41 Å². The van der Waals surface area contributed by atoms with Gasteiger partial charge in [-0.1, -0.05) is 96.0 Å². The molecule has 1 rings (SSSR count). The molecule has 2 unspecified atom stereocenters. The molecule has 0 heterocycles. The Bertz CT molecular complexity index is 440. The van der Waals surface area contributed by atoms with Crippen LogP contribution in [0.4, 0.5) is 0 Å². The van der Waals surface area contributed by atoms with Gasteiger partial charge in [-0.25, -0.2) is 0 Å². The number of benzene rings is 1. The van der Waals surface area contributed by atoms with E-state index in [0.717, 1.165) is 37.7 Å². The average molecular weight is 319 g/mol. The third kappa shape index (κ3) is 6.01. The Morgan fingerprint density at radius 1 is 1.04 bits per heavy atom. The van der Waals surface area contributed by atoms with Crippen LogP contribution in [0.25, 0.3) is 0 Å². The Morgan fingerprint density at radius 2 is 1.70 bits per heavy atom. The van der Waals surface area contributed by atoms with Crippen LogP contribution in [-0.4, -0.2) is 11.1 Å². The van der Waals surface area contributed by atoms with Crippen LogP contribution in [0.3, 0.4) is 0 Å². The number of carboxylic acid groups (broad SMARTS) is 1. The Hall–Kier alpha value is -1.31. The van der Waals surface area contributed by atoms with Gasteiger partial charge in [0, 0.05) is 0 Å². The van der Waals surface area contributed by atoms with E-state index in [1.807, 2.05) is 30.3 Å². The van der Waals surface area contributed by atoms with E-state index in [9.17, 15) is 9.90 Å². The Balaban J connectivity index is 2.87. The Morgan fingerprint density at radius 3 is 2.26 bits per heavy atom. The number of carbonyl (C=O) groups is 1. The Kier molecular flexibility index (Phi) is 8.98. The molecule has 1 aromatic carbocycles. The molecule has 0 radical (unpaired) electrons. The molecule has 0 amide bonds. The maximum atomic E-state index is 12.2. The second-order valence-corrected chi connectivity index (χ2v) is 7.02. The summed E-state index contributed by atoms with van der Waals surface area (Å²) in [6.07, 6.45) is 9.62. The van der Waals surface area contributed by atoms with E-state index in [0.29, 0.717) is 5.92 Å². The van der Waals surface area contributed by atoms with Gasteiger partial charge in [-0.2, -0.15) is 0 Å². The molecule has 0 aliphatic carbocycles. The third-order valence-electron chi connectivity index (χ3n) is 4.94. The van der Waals surface area contributed by atoms with Crippen molar-refractivity contribution in [2.75, 3.05) is 0 Å². The number of rotatable bonds is 12. The molecule has 2 atom stereocenters. The number of carboxylic acids is 1. The van der Waals surface area contributed by atoms with Gasteiger partial charge >= 0.3 is 5.97 Å². The summed E-state index contributed by atoms with van der Waals surface area (Å²) in [5, 5.41) is 10.1. The second kappa shape index (κ2) is 10.5. The zero-order valence-corrected chi connectivity index (χ0v) is 15.2. The lowest BCUT2D eigenvalue weighted by Gasteiger charge is -2.33. The third-order valence-corrected chi connectivity index (χ3v) is 4.94. The molecule has 2 heteroatoms. The lowest BCUT2D eigenvalue weighted by molar-refractivity contribution is -0.145. The zero-order chi connectivity index (χ0) is 17.1. The first-order chi connectivity index (χ1) is 11.1. The van der Waals surface area contributed by atoms with Crippen molar-refractivity contribution >= 4 is 5.97 Å². The largest absolute Gasteiger partial charge is 0.481 e. The van der Waals surface area contributed by atoms with Crippen LogP contribution in [0.2, 0.25) is 0 Å². The lowest BCUT2D eigenvalue weighted by atomic mass is 9.70. The van der Waals surface area contributed by atoms with Crippen molar-refractivity contribution in [3.63, 3.8) is 0 Å². The number of hydrogen-bond acceptors (Lipinski definition) is 1. The van der Waals surface area contributed by atoms with Crippen molar-refractivity contribution in [3.8, 4) is 0 Å². The van der Waals surface area contributed by atoms with Gasteiger partial charge in [-0.15, -0.1) is 0 Å². The molecule has 0 aromatic heterocycles. The normalized spacial score (nSPS) is 15.1. The van der Waals surface area contributed by atoms with Crippen LogP contribution in [-0.2, 0) is 10.2 Å². The number of aliphatic carboxylic acids is 1. The minimum atomic E-state index is -0.721. The van der Waals surface area contributed by atoms with Gasteiger partial charge in [0.15, 0.2) is 0 Å². The lowest BCUT2D eigenvalue weighted by Crippen LogP contribution is -2.37. The fourth-order valence-corrected chi connectivity index (χ4v) is 3.53. The van der Waals surface area contributed by atoms with Crippen molar-refractivity contribution in [2.24, 2.45) is 5.92 Å². The summed E-state index contributed by atoms with van der Waals surface area (Å²) in [5.41, 5.74) is 0.253. The van der Waals surface area contributed by atoms with Crippen LogP contribution in [0, 0.1) is 5.92 Å². The molecule has 1 N–H and O–H groups in total. The first-order valence-corrected chi connectivity index (χ1v) is 9.35. The summed E-state index contributed by atoms with van der Waals surface area (Å²) in [6.45, 7) is 6.57. The maximum Gasteiger partial charge on any atom is 0.314 e. The zero-order valence-electron chi connectivity index (χ0n) is 15.2. The fourth-order valence-electron chi connectivity index (χ4n) is 3.53. The van der Waals surface area contributed by atoms with E-state index in [1.54, 1.807) is 0 Å². The first kappa shape index (κ1) is 19.7. The van der Waals surface area contributed by atoms with E-state index < -0.39 is 11.4 Å². The van der Waals surface area contributed by atoms with E-state index >= 15 is 0 Å². The van der Waals surface area contributed by atoms with Crippen molar-refractivity contribution in [2.45, 2.75) is 84.0 Å². The van der Waals surface area contributed by atoms with Crippen LogP contribution < -0.4 is 0 Å². The van der Waals surface area contributed by atoms with Crippen LogP contribution in [0.5, 0.6) is 0 Å². The smallest absolute Gasteiger partial charge is 0.314 e. The highest BCUT2D eigenvalue weighted by Crippen LogP contribution is 2.38. The second-order valence-electron chi connectivity index (χ2n) is 7.02. The molecule has 0 fully saturated rings. The van der Waals surface area contributed by atoms with Gasteiger partial charge in [0.2, 0.25) is 0 Å². The summed E-state index contributed by atoms with van der Waals surface area (Å²) < 4.78 is 0. The minimum absolute atomic E-state index is 0.444. The molecule has 0 saturated carbocycles. The molecule has 0 aliphatic heterocycles. The predicted octanol–water partition coefficient (Wildman–Crippen LogP) is 6.20. The average Bonchev–Trinajstić information content (AvgIpc) is 2.56. The molecule has 0 spiro atoms. The van der Waals surface area contributed by atoms with Crippen molar-refractivity contribution in [1.29, 1.82) is 0 Å². The highest BCUT2D eigenvalue weighted by molar-refractivity contribution is 5.81. The predicted molar refractivity (Wildman–Crippen MR) is 97.8 cm³/mol. The fraction of sp³-hybridized carbons (Fsp3) is 0.667. The van der Waals surface area contributed by atoms with Crippen molar-refractivity contribution in [1.82, 2.24) is 0 Å². The molecule has 23 heavy (non-hydrogen) atoms. The maximum absolute atomic E-state index is 12.2. The molecular weight excluding hydrogens is 284 g/mol. The number of hydrogen-bond donors (Lipinski definition) is 1. The monoisotopic (exact) mass is 318 g/mol. The van der Waals surface area contributed by atoms with E-state index in [1.165, 1.54) is 25.7 Å². The van der Waals surface area contributed by atoms with Crippen molar-refractivity contribution < 1.29 is 9.90 Å². The highest BCUT2D eigenvalue weighted by atomic mass is 16.4. The minimum Gasteiger partial charge on any atom is -0.481 e. The molecule has 0 aliphatic rings. The summed E-state index contributed by atoms with van der Waals surface area (Å²) in [6, 6.07) is 9.88. The first-order valence-electron chi connectivity index (χ1n) is 9.35. The van der Waals surface area contributed by atoms with Gasteiger partial charge in [0.1, 0.15) is 0 Å². The molecular formula is C21H34O2. The summed E-state index contributed by atoms with van der Waals surface area (Å²) in [7, 11) is 0. The van der Waals surface area contributed by atoms with Crippen LogP contribution in [0.1, 0.15) is 84.1 Å². The summed E-state index contributed by atoms with van der Waals surface area (Å²) in [4.78, 5) is 12.2. The van der Waals surface area contributed by atoms with Crippen molar-refractivity contribution in [3.05, 3.63) is 35.9 Å². The molecule has 2 nitrogen and oxygen atoms in total. The molecule has 0 bridgehead atoms. The molecule has 130 valence electrons. The van der Waals surface area contributed by atoms with E-state index in [2.05, 4.69) is 20.8 Å². The summed E-state index contributed by atoms with van der Waals surface area (Å²) in [5.74, 6) is -0.211. The van der Waals surface area contributed by atoms with Gasteiger partial charge in [-0.05, 0) is 24.3 Å². The van der Waals surface area contributed by atoms with Crippen LogP contribution >= 0.6 is 0 Å². The topological polar surface area (TPSA) is 37.3 Å². The summed E-state index contributed by atoms with van der Waals surface area (Å²) >= 11 is 0. The number of unbranched alkanes of at least 4 members (excludes halogenated alkanes) is 4. The van der Waals surface area contributed by atoms with Gasteiger partial charge < -0.3 is 5.11 Å². The standard InChI is InChI=1S/C21H34O2/c1-4-6-8-10-13-18(3)17-21(20(22)23,16-7-5-2)19-14-11-9-12-15-19/h9,11-12,14-15,18H,4-8,10,13,16-17H2,1-3H3,(H,22,23). The molecule has 1 aromatic rings. The Labute approximate surface area is 142 Å². The van der Waals surface area contributed by atoms with Gasteiger partial charge in [0.25, 0.3) is 0 Å². The highest BCUT2D eigenvalue weighted by Gasteiger charge is 2.40. The molecule has 0 saturated heterocycles. The van der Waals surface area contributed by atoms with E-state index in [4.69, 9.17) is 0 Å². The van der Waals surface area contributed by atoms with E-state index in [-0.39, 0.29) is 0 Å². The SMILES string of the molecule is CCCCCCC(C)CC(CCCC)(C(=O)O)c1ccccc1. The quantitative estimate of drug-likeness (QED) is 0.466. The van der Waals surface area contributed by atoms with Gasteiger partial charge in [-0.3, -0.25) is 4.79 Å². The van der Waals surface area contributed by atoms with Crippen LogP contribution in [0.15, 0.2) is 30.3 Å².